The molecule has 4 amide bonds. The Morgan fingerprint density at radius 2 is 1.78 bits per heavy atom. The van der Waals surface area contributed by atoms with E-state index in [0.29, 0.717) is 0 Å². The molecule has 0 bridgehead atoms. The molecule has 1 aliphatic rings. The topological polar surface area (TPSA) is 62.1 Å². The zero-order valence-corrected chi connectivity index (χ0v) is 6.69. The fraction of sp³-hybridized carbons (Fsp3) is 0.333. The van der Waals surface area contributed by atoms with Gasteiger partial charge in [-0.25, -0.2) is 0 Å². The van der Waals surface area contributed by atoms with Crippen LogP contribution in [0.2, 0.25) is 0 Å². The number of nitrogens with zero attached hydrogens (tertiary/aromatic N) is 3. The predicted molar refractivity (Wildman–Crippen MR) is 23.4 cm³/mol. The van der Waals surface area contributed by atoms with E-state index in [1.54, 1.807) is 4.93 Å². The predicted octanol–water partition coefficient (Wildman–Crippen LogP) is -2.37. The number of carbonyl (C=O) groups is 2. The molecule has 1 aliphatic heterocycles. The Hall–Kier alpha value is -0.530. The van der Waals surface area contributed by atoms with E-state index < -0.39 is 33.5 Å². The Labute approximate surface area is 61.7 Å². The summed E-state index contributed by atoms with van der Waals surface area (Å²) >= 11 is -0.530. The molecule has 1 rings (SSSR count). The number of azo groups is 1. The van der Waals surface area contributed by atoms with Gasteiger partial charge >= 0.3 is 61.4 Å². The summed E-state index contributed by atoms with van der Waals surface area (Å²) in [7, 11) is 0. The molecule has 0 spiro atoms. The Morgan fingerprint density at radius 1 is 1.33 bits per heavy atom. The van der Waals surface area contributed by atoms with Crippen LogP contribution in [0.3, 0.4) is 0 Å². The maximum absolute atomic E-state index is 10.5. The average Bonchev–Trinajstić information content (AvgIpc) is 2.12. The first-order chi connectivity index (χ1) is 4.25. The minimum atomic E-state index is -0.530. The van der Waals surface area contributed by atoms with Gasteiger partial charge in [0.2, 0.25) is 0 Å². The van der Waals surface area contributed by atoms with Gasteiger partial charge in [-0.15, -0.1) is 0 Å². The van der Waals surface area contributed by atoms with Crippen LogP contribution >= 0.6 is 0 Å². The Bertz CT molecular complexity index is 171. The molecule has 0 radical (unpaired) electrons. The monoisotopic (exact) mass is 240 g/mol. The van der Waals surface area contributed by atoms with Crippen LogP contribution in [0.1, 0.15) is 0 Å². The van der Waals surface area contributed by atoms with Gasteiger partial charge in [0.25, 0.3) is 0 Å². The Balaban J connectivity index is 2.75. The van der Waals surface area contributed by atoms with Gasteiger partial charge in [-0.05, 0) is 0 Å². The standard InChI is InChI=1S/C3H3IN3O2/c1-4-7-2(8)5-6-3(7)9/h1H3/q-1. The molecule has 0 aromatic carbocycles. The molecule has 0 atom stereocenters. The second-order valence-corrected chi connectivity index (χ2v) is 3.14. The van der Waals surface area contributed by atoms with E-state index in [1.165, 1.54) is 0 Å². The van der Waals surface area contributed by atoms with Crippen LogP contribution in [0, 0.1) is 0 Å². The SMILES string of the molecule is C[I-]N1C(=O)N=NC1=O. The van der Waals surface area contributed by atoms with E-state index in [9.17, 15) is 9.59 Å². The van der Waals surface area contributed by atoms with Crippen LogP contribution in [0.15, 0.2) is 10.2 Å². The van der Waals surface area contributed by atoms with Crippen LogP contribution in [0.4, 0.5) is 9.59 Å². The Kier molecular flexibility index (Phi) is 1.74. The number of alkyl halides is 1. The number of hydrogen-bond acceptors (Lipinski definition) is 2. The normalized spacial score (nSPS) is 18.1. The fourth-order valence-electron chi connectivity index (χ4n) is 0.390. The van der Waals surface area contributed by atoms with Gasteiger partial charge in [-0.1, -0.05) is 0 Å². The molecule has 0 unspecified atom stereocenters. The maximum atomic E-state index is 10.5. The van der Waals surface area contributed by atoms with Crippen LogP contribution in [-0.4, -0.2) is 20.1 Å². The van der Waals surface area contributed by atoms with Crippen molar-refractivity contribution < 1.29 is 31.1 Å². The summed E-state index contributed by atoms with van der Waals surface area (Å²) in [6, 6.07) is -1.04. The quantitative estimate of drug-likeness (QED) is 0.292. The summed E-state index contributed by atoms with van der Waals surface area (Å²) in [5.41, 5.74) is 0. The van der Waals surface area contributed by atoms with Crippen molar-refractivity contribution in [3.05, 3.63) is 0 Å². The van der Waals surface area contributed by atoms with Gasteiger partial charge < -0.3 is 0 Å². The first-order valence-electron chi connectivity index (χ1n) is 2.05. The zero-order valence-electron chi connectivity index (χ0n) is 4.54. The Morgan fingerprint density at radius 3 is 2.00 bits per heavy atom. The van der Waals surface area contributed by atoms with Gasteiger partial charge in [0.05, 0.1) is 0 Å². The van der Waals surface area contributed by atoms with E-state index in [0.717, 1.165) is 3.11 Å². The van der Waals surface area contributed by atoms with Crippen molar-refractivity contribution in [1.82, 2.24) is 3.11 Å². The van der Waals surface area contributed by atoms with Crippen molar-refractivity contribution in [2.24, 2.45) is 10.2 Å². The van der Waals surface area contributed by atoms with E-state index in [1.807, 2.05) is 0 Å². The van der Waals surface area contributed by atoms with E-state index >= 15 is 0 Å². The van der Waals surface area contributed by atoms with Gasteiger partial charge in [-0.3, -0.25) is 0 Å². The molecule has 0 aliphatic carbocycles. The van der Waals surface area contributed by atoms with Crippen molar-refractivity contribution in [1.29, 1.82) is 0 Å². The van der Waals surface area contributed by atoms with Crippen molar-refractivity contribution >= 4 is 12.1 Å². The van der Waals surface area contributed by atoms with Crippen LogP contribution in [-0.2, 0) is 0 Å². The van der Waals surface area contributed by atoms with E-state index in [-0.39, 0.29) is 0 Å². The summed E-state index contributed by atoms with van der Waals surface area (Å²) in [6.07, 6.45) is 0. The number of halogens is 1. The third-order valence-corrected chi connectivity index (χ3v) is 2.52. The van der Waals surface area contributed by atoms with Gasteiger partial charge in [0.1, 0.15) is 0 Å². The molecule has 0 saturated carbocycles. The average molecular weight is 240 g/mol. The zero-order chi connectivity index (χ0) is 6.85. The molecule has 6 heteroatoms. The number of imide groups is 1. The first kappa shape index (κ1) is 6.59. The molecule has 0 N–H and O–H groups in total. The molecule has 0 saturated heterocycles. The second kappa shape index (κ2) is 2.38. The summed E-state index contributed by atoms with van der Waals surface area (Å²) in [5.74, 6) is 0. The van der Waals surface area contributed by atoms with E-state index in [2.05, 4.69) is 10.2 Å². The van der Waals surface area contributed by atoms with Crippen molar-refractivity contribution in [3.8, 4) is 0 Å². The molecule has 5 nitrogen and oxygen atoms in total. The van der Waals surface area contributed by atoms with Crippen molar-refractivity contribution in [2.75, 3.05) is 4.93 Å². The van der Waals surface area contributed by atoms with Crippen LogP contribution in [0.25, 0.3) is 0 Å². The van der Waals surface area contributed by atoms with Crippen LogP contribution in [0.5, 0.6) is 0 Å². The number of hydrogen-bond donors (Lipinski definition) is 0. The fourth-order valence-corrected chi connectivity index (χ4v) is 1.41. The molecule has 0 fully saturated rings. The van der Waals surface area contributed by atoms with Crippen molar-refractivity contribution in [2.45, 2.75) is 0 Å². The second-order valence-electron chi connectivity index (χ2n) is 1.22. The molecule has 1 heterocycles. The number of carbonyl (C=O) groups excluding carboxylic acids is 2. The van der Waals surface area contributed by atoms with Gasteiger partial charge in [-0.2, -0.15) is 0 Å². The van der Waals surface area contributed by atoms with Gasteiger partial charge in [0.15, 0.2) is 0 Å². The summed E-state index contributed by atoms with van der Waals surface area (Å²) in [5, 5.41) is 6.12. The third kappa shape index (κ3) is 1.07. The number of amides is 4. The third-order valence-electron chi connectivity index (χ3n) is 0.726. The molecular weight excluding hydrogens is 237 g/mol. The van der Waals surface area contributed by atoms with E-state index in [4.69, 9.17) is 0 Å². The molecular formula is C3H3IN3O2-. The molecule has 0 aromatic rings. The summed E-state index contributed by atoms with van der Waals surface area (Å²) < 4.78 is 1.07. The van der Waals surface area contributed by atoms with Crippen molar-refractivity contribution in [3.63, 3.8) is 0 Å². The number of urea groups is 2. The molecule has 9 heavy (non-hydrogen) atoms. The first-order valence-corrected chi connectivity index (χ1v) is 5.17. The minimum absolute atomic E-state index is 0.518. The molecule has 0 aromatic heterocycles. The van der Waals surface area contributed by atoms with Gasteiger partial charge in [0, 0.05) is 0 Å². The van der Waals surface area contributed by atoms with Crippen LogP contribution < -0.4 is 21.5 Å². The summed E-state index contributed by atoms with van der Waals surface area (Å²) in [4.78, 5) is 22.8. The summed E-state index contributed by atoms with van der Waals surface area (Å²) in [6.45, 7) is 0. The number of rotatable bonds is 1. The molecule has 50 valence electrons.